The number of ether oxygens (including phenoxy) is 1. The molecule has 162 valence electrons. The predicted octanol–water partition coefficient (Wildman–Crippen LogP) is 4.91. The molecule has 1 amide bonds. The second-order valence-corrected chi connectivity index (χ2v) is 8.05. The van der Waals surface area contributed by atoms with Crippen molar-refractivity contribution in [3.63, 3.8) is 0 Å². The molecule has 1 aromatic heterocycles. The Morgan fingerprint density at radius 2 is 1.84 bits per heavy atom. The number of amides is 1. The summed E-state index contributed by atoms with van der Waals surface area (Å²) in [7, 11) is 0. The molecule has 0 unspecified atom stereocenters. The van der Waals surface area contributed by atoms with Crippen LogP contribution in [0.5, 0.6) is 5.75 Å². The minimum absolute atomic E-state index is 0.109. The third-order valence-corrected chi connectivity index (χ3v) is 5.80. The highest BCUT2D eigenvalue weighted by molar-refractivity contribution is 6.06. The summed E-state index contributed by atoms with van der Waals surface area (Å²) in [4.78, 5) is 20.3. The maximum Gasteiger partial charge on any atom is 0.270 e. The molecule has 2 heterocycles. The number of fused-ring (bicyclic) bond motifs is 1. The lowest BCUT2D eigenvalue weighted by molar-refractivity contribution is 0.0948. The van der Waals surface area contributed by atoms with E-state index in [2.05, 4.69) is 10.2 Å². The van der Waals surface area contributed by atoms with E-state index in [0.717, 1.165) is 40.7 Å². The van der Waals surface area contributed by atoms with Gasteiger partial charge in [-0.05, 0) is 81.5 Å². The van der Waals surface area contributed by atoms with Crippen LogP contribution in [-0.2, 0) is 0 Å². The molecular formula is C26H31N3O2. The standard InChI is InChI=1S/C26H31N3O2/c1-2-31-22-13-11-20(12-14-22)24-19-21-9-4-5-10-23(21)25(28-24)26(30)27-15-8-18-29-16-6-3-7-17-29/h4-5,9-14,19H,2-3,6-8,15-18H2,1H3,(H,27,30). The van der Waals surface area contributed by atoms with Gasteiger partial charge in [0.2, 0.25) is 0 Å². The third kappa shape index (κ3) is 5.42. The first-order valence-corrected chi connectivity index (χ1v) is 11.4. The van der Waals surface area contributed by atoms with Gasteiger partial charge in [0.25, 0.3) is 5.91 Å². The fraction of sp³-hybridized carbons (Fsp3) is 0.385. The van der Waals surface area contributed by atoms with Gasteiger partial charge in [0.15, 0.2) is 0 Å². The Labute approximate surface area is 184 Å². The summed E-state index contributed by atoms with van der Waals surface area (Å²) in [6.07, 6.45) is 4.89. The van der Waals surface area contributed by atoms with Crippen LogP contribution < -0.4 is 10.1 Å². The second-order valence-electron chi connectivity index (χ2n) is 8.05. The fourth-order valence-corrected chi connectivity index (χ4v) is 4.18. The van der Waals surface area contributed by atoms with E-state index in [1.807, 2.05) is 61.5 Å². The van der Waals surface area contributed by atoms with Crippen molar-refractivity contribution in [1.29, 1.82) is 0 Å². The Morgan fingerprint density at radius 3 is 2.61 bits per heavy atom. The zero-order valence-corrected chi connectivity index (χ0v) is 18.3. The Bertz CT molecular complexity index is 1010. The highest BCUT2D eigenvalue weighted by atomic mass is 16.5. The molecule has 3 aromatic rings. The van der Waals surface area contributed by atoms with Crippen molar-refractivity contribution < 1.29 is 9.53 Å². The molecule has 0 atom stereocenters. The number of carbonyl (C=O) groups excluding carboxylic acids is 1. The van der Waals surface area contributed by atoms with Crippen LogP contribution in [0.25, 0.3) is 22.0 Å². The maximum atomic E-state index is 13.0. The van der Waals surface area contributed by atoms with E-state index in [1.54, 1.807) is 0 Å². The van der Waals surface area contributed by atoms with Crippen LogP contribution in [0.15, 0.2) is 54.6 Å². The number of likely N-dealkylation sites (tertiary alicyclic amines) is 1. The van der Waals surface area contributed by atoms with Crippen LogP contribution in [0, 0.1) is 0 Å². The zero-order chi connectivity index (χ0) is 21.5. The van der Waals surface area contributed by atoms with Crippen molar-refractivity contribution in [2.24, 2.45) is 0 Å². The number of piperidine rings is 1. The molecule has 2 aromatic carbocycles. The molecule has 0 radical (unpaired) electrons. The minimum Gasteiger partial charge on any atom is -0.494 e. The van der Waals surface area contributed by atoms with Gasteiger partial charge in [-0.15, -0.1) is 0 Å². The number of nitrogens with one attached hydrogen (secondary N) is 1. The highest BCUT2D eigenvalue weighted by Crippen LogP contribution is 2.26. The third-order valence-electron chi connectivity index (χ3n) is 5.80. The van der Waals surface area contributed by atoms with Crippen molar-refractivity contribution in [2.45, 2.75) is 32.6 Å². The summed E-state index contributed by atoms with van der Waals surface area (Å²) in [5.41, 5.74) is 2.24. The van der Waals surface area contributed by atoms with Gasteiger partial charge in [0.05, 0.1) is 12.3 Å². The van der Waals surface area contributed by atoms with Gasteiger partial charge in [-0.25, -0.2) is 4.98 Å². The number of pyridine rings is 1. The smallest absolute Gasteiger partial charge is 0.270 e. The number of aromatic nitrogens is 1. The lowest BCUT2D eigenvalue weighted by Gasteiger charge is -2.26. The van der Waals surface area contributed by atoms with Crippen LogP contribution in [0.4, 0.5) is 0 Å². The van der Waals surface area contributed by atoms with Crippen LogP contribution >= 0.6 is 0 Å². The van der Waals surface area contributed by atoms with Gasteiger partial charge < -0.3 is 15.0 Å². The summed E-state index contributed by atoms with van der Waals surface area (Å²) in [6.45, 7) is 6.68. The quantitative estimate of drug-likeness (QED) is 0.529. The molecule has 4 rings (SSSR count). The average molecular weight is 418 g/mol. The van der Waals surface area contributed by atoms with Crippen LogP contribution in [-0.4, -0.2) is 48.6 Å². The van der Waals surface area contributed by atoms with Gasteiger partial charge in [0.1, 0.15) is 11.4 Å². The Balaban J connectivity index is 1.49. The van der Waals surface area contributed by atoms with E-state index in [-0.39, 0.29) is 5.91 Å². The zero-order valence-electron chi connectivity index (χ0n) is 18.3. The molecule has 0 bridgehead atoms. The maximum absolute atomic E-state index is 13.0. The number of rotatable bonds is 8. The number of nitrogens with zero attached hydrogens (tertiary/aromatic N) is 2. The number of hydrogen-bond donors (Lipinski definition) is 1. The van der Waals surface area contributed by atoms with E-state index >= 15 is 0 Å². The predicted molar refractivity (Wildman–Crippen MR) is 126 cm³/mol. The highest BCUT2D eigenvalue weighted by Gasteiger charge is 2.15. The molecule has 1 N–H and O–H groups in total. The number of benzene rings is 2. The average Bonchev–Trinajstić information content (AvgIpc) is 2.82. The van der Waals surface area contributed by atoms with Crippen molar-refractivity contribution in [3.05, 3.63) is 60.3 Å². The first-order valence-electron chi connectivity index (χ1n) is 11.4. The number of hydrogen-bond acceptors (Lipinski definition) is 4. The molecule has 1 fully saturated rings. The second kappa shape index (κ2) is 10.4. The molecule has 5 heteroatoms. The first-order chi connectivity index (χ1) is 15.2. The molecular weight excluding hydrogens is 386 g/mol. The van der Waals surface area contributed by atoms with E-state index < -0.39 is 0 Å². The van der Waals surface area contributed by atoms with Crippen molar-refractivity contribution in [3.8, 4) is 17.0 Å². The Hall–Kier alpha value is -2.92. The lowest BCUT2D eigenvalue weighted by atomic mass is 10.0. The summed E-state index contributed by atoms with van der Waals surface area (Å²) >= 11 is 0. The van der Waals surface area contributed by atoms with Crippen molar-refractivity contribution in [1.82, 2.24) is 15.2 Å². The minimum atomic E-state index is -0.109. The van der Waals surface area contributed by atoms with E-state index in [9.17, 15) is 4.79 Å². The van der Waals surface area contributed by atoms with E-state index in [4.69, 9.17) is 9.72 Å². The van der Waals surface area contributed by atoms with Crippen LogP contribution in [0.3, 0.4) is 0 Å². The van der Waals surface area contributed by atoms with E-state index in [1.165, 1.54) is 32.4 Å². The molecule has 0 saturated carbocycles. The largest absolute Gasteiger partial charge is 0.494 e. The van der Waals surface area contributed by atoms with Gasteiger partial charge in [-0.2, -0.15) is 0 Å². The van der Waals surface area contributed by atoms with Gasteiger partial charge in [0, 0.05) is 17.5 Å². The summed E-state index contributed by atoms with van der Waals surface area (Å²) < 4.78 is 5.54. The molecule has 1 aliphatic heterocycles. The van der Waals surface area contributed by atoms with Gasteiger partial charge in [-0.3, -0.25) is 4.79 Å². The van der Waals surface area contributed by atoms with Crippen LogP contribution in [0.1, 0.15) is 43.1 Å². The topological polar surface area (TPSA) is 54.5 Å². The summed E-state index contributed by atoms with van der Waals surface area (Å²) in [5.74, 6) is 0.723. The van der Waals surface area contributed by atoms with Crippen molar-refractivity contribution in [2.75, 3.05) is 32.8 Å². The summed E-state index contributed by atoms with van der Waals surface area (Å²) in [6, 6.07) is 17.8. The summed E-state index contributed by atoms with van der Waals surface area (Å²) in [5, 5.41) is 4.98. The van der Waals surface area contributed by atoms with Crippen molar-refractivity contribution >= 4 is 16.7 Å². The SMILES string of the molecule is CCOc1ccc(-c2cc3ccccc3c(C(=O)NCCCN3CCCCC3)n2)cc1. The normalized spacial score (nSPS) is 14.5. The van der Waals surface area contributed by atoms with Crippen LogP contribution in [0.2, 0.25) is 0 Å². The first kappa shape index (κ1) is 21.3. The molecule has 0 aliphatic carbocycles. The molecule has 1 aliphatic rings. The van der Waals surface area contributed by atoms with Gasteiger partial charge in [-0.1, -0.05) is 30.7 Å². The monoisotopic (exact) mass is 417 g/mol. The Kier molecular flexibility index (Phi) is 7.15. The fourth-order valence-electron chi connectivity index (χ4n) is 4.18. The molecule has 0 spiro atoms. The van der Waals surface area contributed by atoms with E-state index in [0.29, 0.717) is 18.8 Å². The molecule has 5 nitrogen and oxygen atoms in total. The molecule has 1 saturated heterocycles. The lowest BCUT2D eigenvalue weighted by Crippen LogP contribution is -2.33. The number of carbonyl (C=O) groups is 1. The molecule has 31 heavy (non-hydrogen) atoms. The van der Waals surface area contributed by atoms with Gasteiger partial charge >= 0.3 is 0 Å². The Morgan fingerprint density at radius 1 is 1.06 bits per heavy atom.